The highest BCUT2D eigenvalue weighted by molar-refractivity contribution is 5.94. The summed E-state index contributed by atoms with van der Waals surface area (Å²) < 4.78 is 0. The Morgan fingerprint density at radius 3 is 2.35 bits per heavy atom. The summed E-state index contributed by atoms with van der Waals surface area (Å²) >= 11 is 0. The number of piperidine rings is 1. The fourth-order valence-corrected chi connectivity index (χ4v) is 4.52. The van der Waals surface area contributed by atoms with Crippen molar-refractivity contribution in [2.24, 2.45) is 5.92 Å². The van der Waals surface area contributed by atoms with Gasteiger partial charge in [-0.3, -0.25) is 14.6 Å². The number of pyridine rings is 1. The molecular formula is C29H33N3O2. The summed E-state index contributed by atoms with van der Waals surface area (Å²) in [5.41, 5.74) is 5.21. The third-order valence-corrected chi connectivity index (χ3v) is 6.57. The first kappa shape index (κ1) is 23.7. The highest BCUT2D eigenvalue weighted by Crippen LogP contribution is 2.23. The van der Waals surface area contributed by atoms with E-state index in [9.17, 15) is 9.59 Å². The Morgan fingerprint density at radius 2 is 1.68 bits per heavy atom. The van der Waals surface area contributed by atoms with Crippen LogP contribution in [0.4, 0.5) is 0 Å². The summed E-state index contributed by atoms with van der Waals surface area (Å²) in [6.45, 7) is 6.35. The number of rotatable bonds is 7. The highest BCUT2D eigenvalue weighted by atomic mass is 16.2. The molecule has 1 aromatic heterocycles. The third-order valence-electron chi connectivity index (χ3n) is 6.57. The maximum Gasteiger partial charge on any atom is 0.253 e. The zero-order valence-corrected chi connectivity index (χ0v) is 20.1. The Kier molecular flexibility index (Phi) is 7.73. The number of aryl methyl sites for hydroxylation is 2. The van der Waals surface area contributed by atoms with Crippen LogP contribution < -0.4 is 0 Å². The molecule has 1 aliphatic rings. The molecule has 0 aliphatic carbocycles. The van der Waals surface area contributed by atoms with Gasteiger partial charge >= 0.3 is 0 Å². The average Bonchev–Trinajstić information content (AvgIpc) is 2.89. The maximum absolute atomic E-state index is 13.7. The lowest BCUT2D eigenvalue weighted by atomic mass is 9.95. The molecule has 4 rings (SSSR count). The van der Waals surface area contributed by atoms with Crippen LogP contribution in [-0.4, -0.2) is 39.7 Å². The van der Waals surface area contributed by atoms with E-state index in [0.29, 0.717) is 31.7 Å². The van der Waals surface area contributed by atoms with E-state index < -0.39 is 0 Å². The quantitative estimate of drug-likeness (QED) is 0.502. The Morgan fingerprint density at radius 1 is 0.971 bits per heavy atom. The fourth-order valence-electron chi connectivity index (χ4n) is 4.52. The number of hydrogen-bond donors (Lipinski definition) is 0. The smallest absolute Gasteiger partial charge is 0.253 e. The number of benzene rings is 2. The normalized spacial score (nSPS) is 15.7. The molecule has 2 heterocycles. The van der Waals surface area contributed by atoms with Crippen LogP contribution >= 0.6 is 0 Å². The van der Waals surface area contributed by atoms with E-state index in [1.165, 1.54) is 5.56 Å². The third kappa shape index (κ3) is 5.90. The number of aromatic nitrogens is 1. The molecule has 176 valence electrons. The van der Waals surface area contributed by atoms with E-state index in [2.05, 4.69) is 36.2 Å². The lowest BCUT2D eigenvalue weighted by Gasteiger charge is -2.35. The van der Waals surface area contributed by atoms with Crippen LogP contribution in [0.15, 0.2) is 73.1 Å². The molecule has 5 heteroatoms. The summed E-state index contributed by atoms with van der Waals surface area (Å²) in [4.78, 5) is 34.8. The van der Waals surface area contributed by atoms with Crippen LogP contribution in [0.25, 0.3) is 0 Å². The standard InChI is InChI=1S/C29H33N3O2/c1-3-23-10-12-24(13-11-23)19-32(20-25-6-4-16-30-18-25)29(34)27-7-5-17-31(21-27)28(33)26-14-8-22(2)9-15-26/h4,6,8-16,18,27H,3,5,7,17,19-21H2,1-2H3. The molecule has 1 saturated heterocycles. The van der Waals surface area contributed by atoms with Gasteiger partial charge in [0.2, 0.25) is 5.91 Å². The number of carbonyl (C=O) groups is 2. The van der Waals surface area contributed by atoms with E-state index in [0.717, 1.165) is 36.0 Å². The summed E-state index contributed by atoms with van der Waals surface area (Å²) in [7, 11) is 0. The van der Waals surface area contributed by atoms with Gasteiger partial charge in [0.25, 0.3) is 5.91 Å². The number of hydrogen-bond acceptors (Lipinski definition) is 3. The monoisotopic (exact) mass is 455 g/mol. The summed E-state index contributed by atoms with van der Waals surface area (Å²) in [6, 6.07) is 20.0. The van der Waals surface area contributed by atoms with Gasteiger partial charge in [0.15, 0.2) is 0 Å². The number of amides is 2. The van der Waals surface area contributed by atoms with Crippen molar-refractivity contribution in [1.29, 1.82) is 0 Å². The first-order valence-corrected chi connectivity index (χ1v) is 12.1. The fraction of sp³-hybridized carbons (Fsp3) is 0.345. The largest absolute Gasteiger partial charge is 0.338 e. The van der Waals surface area contributed by atoms with Crippen molar-refractivity contribution in [3.8, 4) is 0 Å². The predicted molar refractivity (Wildman–Crippen MR) is 134 cm³/mol. The Labute approximate surface area is 202 Å². The van der Waals surface area contributed by atoms with Gasteiger partial charge in [-0.15, -0.1) is 0 Å². The topological polar surface area (TPSA) is 53.5 Å². The van der Waals surface area contributed by atoms with E-state index in [4.69, 9.17) is 0 Å². The second-order valence-electron chi connectivity index (χ2n) is 9.18. The minimum Gasteiger partial charge on any atom is -0.338 e. The second-order valence-corrected chi connectivity index (χ2v) is 9.18. The second kappa shape index (κ2) is 11.1. The van der Waals surface area contributed by atoms with Crippen molar-refractivity contribution in [2.45, 2.75) is 46.2 Å². The molecule has 0 radical (unpaired) electrons. The Hall–Kier alpha value is -3.47. The van der Waals surface area contributed by atoms with Gasteiger partial charge in [0, 0.05) is 44.1 Å². The summed E-state index contributed by atoms with van der Waals surface area (Å²) in [5, 5.41) is 0. The summed E-state index contributed by atoms with van der Waals surface area (Å²) in [6.07, 6.45) is 6.18. The van der Waals surface area contributed by atoms with Crippen LogP contribution in [0.2, 0.25) is 0 Å². The molecule has 5 nitrogen and oxygen atoms in total. The first-order chi connectivity index (χ1) is 16.5. The zero-order valence-electron chi connectivity index (χ0n) is 20.1. The highest BCUT2D eigenvalue weighted by Gasteiger charge is 2.31. The molecule has 1 unspecified atom stereocenters. The van der Waals surface area contributed by atoms with Crippen LogP contribution in [0.1, 0.15) is 52.4 Å². The van der Waals surface area contributed by atoms with Gasteiger partial charge in [0.1, 0.15) is 0 Å². The molecule has 1 atom stereocenters. The minimum atomic E-state index is -0.199. The van der Waals surface area contributed by atoms with Crippen LogP contribution in [0.3, 0.4) is 0 Å². The van der Waals surface area contributed by atoms with Crippen molar-refractivity contribution in [3.63, 3.8) is 0 Å². The minimum absolute atomic E-state index is 0.00598. The van der Waals surface area contributed by atoms with Crippen LogP contribution in [-0.2, 0) is 24.3 Å². The first-order valence-electron chi connectivity index (χ1n) is 12.1. The maximum atomic E-state index is 13.7. The van der Waals surface area contributed by atoms with Crippen LogP contribution in [0.5, 0.6) is 0 Å². The Bertz CT molecular complexity index is 1090. The van der Waals surface area contributed by atoms with Crippen molar-refractivity contribution >= 4 is 11.8 Å². The van der Waals surface area contributed by atoms with E-state index in [1.54, 1.807) is 6.20 Å². The molecule has 2 amide bonds. The molecule has 0 N–H and O–H groups in total. The molecular weight excluding hydrogens is 422 g/mol. The Balaban J connectivity index is 1.50. The SMILES string of the molecule is CCc1ccc(CN(Cc2cccnc2)C(=O)C2CCCN(C(=O)c3ccc(C)cc3)C2)cc1. The van der Waals surface area contributed by atoms with E-state index in [-0.39, 0.29) is 17.7 Å². The molecule has 2 aromatic carbocycles. The zero-order chi connectivity index (χ0) is 23.9. The van der Waals surface area contributed by atoms with Crippen LogP contribution in [0, 0.1) is 12.8 Å². The summed E-state index contributed by atoms with van der Waals surface area (Å²) in [5.74, 6) is -0.0916. The number of nitrogens with zero attached hydrogens (tertiary/aromatic N) is 3. The molecule has 1 aliphatic heterocycles. The van der Waals surface area contributed by atoms with Gasteiger partial charge < -0.3 is 9.80 Å². The van der Waals surface area contributed by atoms with Crippen molar-refractivity contribution in [2.75, 3.05) is 13.1 Å². The molecule has 34 heavy (non-hydrogen) atoms. The average molecular weight is 456 g/mol. The van der Waals surface area contributed by atoms with Gasteiger partial charge in [-0.2, -0.15) is 0 Å². The lowest BCUT2D eigenvalue weighted by molar-refractivity contribution is -0.138. The van der Waals surface area contributed by atoms with Crippen molar-refractivity contribution in [3.05, 3.63) is 101 Å². The van der Waals surface area contributed by atoms with Crippen molar-refractivity contribution in [1.82, 2.24) is 14.8 Å². The van der Waals surface area contributed by atoms with Gasteiger partial charge in [-0.25, -0.2) is 0 Å². The van der Waals surface area contributed by atoms with Crippen molar-refractivity contribution < 1.29 is 9.59 Å². The van der Waals surface area contributed by atoms with Gasteiger partial charge in [0.05, 0.1) is 5.92 Å². The number of likely N-dealkylation sites (tertiary alicyclic amines) is 1. The van der Waals surface area contributed by atoms with E-state index in [1.807, 2.05) is 59.3 Å². The number of carbonyl (C=O) groups excluding carboxylic acids is 2. The molecule has 0 spiro atoms. The molecule has 0 bridgehead atoms. The van der Waals surface area contributed by atoms with E-state index >= 15 is 0 Å². The molecule has 1 fully saturated rings. The van der Waals surface area contributed by atoms with Gasteiger partial charge in [-0.05, 0) is 61.1 Å². The van der Waals surface area contributed by atoms with Gasteiger partial charge in [-0.1, -0.05) is 55.0 Å². The predicted octanol–water partition coefficient (Wildman–Crippen LogP) is 5.03. The molecule has 3 aromatic rings. The molecule has 0 saturated carbocycles. The lowest BCUT2D eigenvalue weighted by Crippen LogP contribution is -2.46.